The summed E-state index contributed by atoms with van der Waals surface area (Å²) in [5.74, 6) is -1.60. The molecule has 0 aromatic carbocycles. The summed E-state index contributed by atoms with van der Waals surface area (Å²) in [6.45, 7) is 3.75. The van der Waals surface area contributed by atoms with E-state index in [0.29, 0.717) is 11.2 Å². The van der Waals surface area contributed by atoms with Gasteiger partial charge in [-0.3, -0.25) is 10.2 Å². The second kappa shape index (κ2) is 8.16. The zero-order valence-corrected chi connectivity index (χ0v) is 17.9. The molecule has 1 fully saturated rings. The van der Waals surface area contributed by atoms with Crippen LogP contribution in [0.15, 0.2) is 41.7 Å². The third-order valence-electron chi connectivity index (χ3n) is 4.81. The fourth-order valence-corrected chi connectivity index (χ4v) is 4.47. The van der Waals surface area contributed by atoms with Crippen molar-refractivity contribution in [2.24, 2.45) is 0 Å². The molecule has 0 saturated carbocycles. The van der Waals surface area contributed by atoms with Crippen molar-refractivity contribution in [1.29, 1.82) is 0 Å². The van der Waals surface area contributed by atoms with Crippen molar-refractivity contribution in [2.45, 2.75) is 20.0 Å². The summed E-state index contributed by atoms with van der Waals surface area (Å²) in [5, 5.41) is 2.39. The maximum absolute atomic E-state index is 13.0. The highest BCUT2D eigenvalue weighted by molar-refractivity contribution is 7.91. The lowest BCUT2D eigenvalue weighted by atomic mass is 10.1. The lowest BCUT2D eigenvalue weighted by Crippen LogP contribution is -2.48. The van der Waals surface area contributed by atoms with E-state index in [1.807, 2.05) is 6.07 Å². The second-order valence-electron chi connectivity index (χ2n) is 7.49. The number of hydrogen-bond donors (Lipinski definition) is 2. The smallest absolute Gasteiger partial charge is 0.348 e. The van der Waals surface area contributed by atoms with E-state index in [-0.39, 0.29) is 41.8 Å². The summed E-state index contributed by atoms with van der Waals surface area (Å²) in [5.41, 5.74) is 3.95. The topological polar surface area (TPSA) is 131 Å². The molecular formula is C20H22N4O6S. The van der Waals surface area contributed by atoms with Gasteiger partial charge in [0.15, 0.2) is 21.2 Å². The predicted octanol–water partition coefficient (Wildman–Crippen LogP) is 0.901. The van der Waals surface area contributed by atoms with E-state index in [2.05, 4.69) is 15.4 Å². The number of pyridine rings is 1. The summed E-state index contributed by atoms with van der Waals surface area (Å²) < 4.78 is 34.3. The number of carbonyl (C=O) groups excluding carboxylic acids is 2. The number of aromatic nitrogens is 2. The molecule has 4 heterocycles. The second-order valence-corrected chi connectivity index (χ2v) is 9.80. The first-order valence-corrected chi connectivity index (χ1v) is 11.6. The zero-order valence-electron chi connectivity index (χ0n) is 17.0. The number of nitrogens with zero attached hydrogens (tertiary/aromatic N) is 2. The Balaban J connectivity index is 1.63. The fourth-order valence-electron chi connectivity index (χ4n) is 3.27. The van der Waals surface area contributed by atoms with Gasteiger partial charge in [-0.2, -0.15) is 0 Å². The number of esters is 1. The summed E-state index contributed by atoms with van der Waals surface area (Å²) in [6.07, 6.45) is 4.44. The third kappa shape index (κ3) is 4.47. The molecule has 10 nitrogen and oxygen atoms in total. The first-order chi connectivity index (χ1) is 14.7. The minimum Gasteiger partial charge on any atom is -0.459 e. The minimum atomic E-state index is -3.09. The van der Waals surface area contributed by atoms with Crippen LogP contribution in [0.5, 0.6) is 0 Å². The number of hydrogen-bond acceptors (Lipinski definition) is 9. The quantitative estimate of drug-likeness (QED) is 0.391. The van der Waals surface area contributed by atoms with Crippen LogP contribution in [0.1, 0.15) is 19.4 Å². The predicted molar refractivity (Wildman–Crippen MR) is 112 cm³/mol. The van der Waals surface area contributed by atoms with E-state index in [9.17, 15) is 18.0 Å². The number of fused-ring (bicyclic) bond motifs is 1. The van der Waals surface area contributed by atoms with Crippen molar-refractivity contribution in [1.82, 2.24) is 20.4 Å². The van der Waals surface area contributed by atoms with Crippen molar-refractivity contribution in [3.8, 4) is 0 Å². The number of hydrazine groups is 1. The molecule has 2 aliphatic rings. The number of H-pyrrole nitrogens is 1. The van der Waals surface area contributed by atoms with Gasteiger partial charge in [-0.15, -0.1) is 0 Å². The van der Waals surface area contributed by atoms with Crippen LogP contribution in [0.2, 0.25) is 0 Å². The molecule has 0 spiro atoms. The van der Waals surface area contributed by atoms with Gasteiger partial charge in [0.25, 0.3) is 0 Å². The molecule has 0 bridgehead atoms. The fraction of sp³-hybridized carbons (Fsp3) is 0.350. The first-order valence-electron chi connectivity index (χ1n) is 9.77. The first kappa shape index (κ1) is 21.1. The lowest BCUT2D eigenvalue weighted by molar-refractivity contribution is -0.143. The Hall–Kier alpha value is -3.18. The van der Waals surface area contributed by atoms with Crippen molar-refractivity contribution in [2.75, 3.05) is 24.6 Å². The molecule has 31 heavy (non-hydrogen) atoms. The molecule has 2 N–H and O–H groups in total. The van der Waals surface area contributed by atoms with E-state index in [1.165, 1.54) is 6.08 Å². The van der Waals surface area contributed by atoms with Crippen molar-refractivity contribution in [3.63, 3.8) is 0 Å². The lowest BCUT2D eigenvalue weighted by Gasteiger charge is -2.27. The Morgan fingerprint density at radius 3 is 2.81 bits per heavy atom. The molecule has 0 radical (unpaired) electrons. The largest absolute Gasteiger partial charge is 0.459 e. The van der Waals surface area contributed by atoms with E-state index >= 15 is 0 Å². The van der Waals surface area contributed by atoms with Crippen LogP contribution < -0.4 is 5.43 Å². The highest BCUT2D eigenvalue weighted by Gasteiger charge is 2.38. The van der Waals surface area contributed by atoms with Gasteiger partial charge in [-0.05, 0) is 32.1 Å². The number of aromatic amines is 1. The van der Waals surface area contributed by atoms with Crippen LogP contribution in [-0.4, -0.2) is 65.8 Å². The minimum absolute atomic E-state index is 0.0297. The summed E-state index contributed by atoms with van der Waals surface area (Å²) in [4.78, 5) is 32.8. The number of rotatable bonds is 5. The summed E-state index contributed by atoms with van der Waals surface area (Å²) in [7, 11) is -3.09. The number of ketones is 1. The van der Waals surface area contributed by atoms with E-state index < -0.39 is 27.7 Å². The van der Waals surface area contributed by atoms with Gasteiger partial charge in [0.05, 0.1) is 17.6 Å². The van der Waals surface area contributed by atoms with Crippen LogP contribution in [0.3, 0.4) is 0 Å². The molecule has 0 amide bonds. The van der Waals surface area contributed by atoms with E-state index in [4.69, 9.17) is 9.47 Å². The number of Topliss-reactive ketones (excluding diaryl/α,β-unsaturated/α-hetero) is 1. The van der Waals surface area contributed by atoms with Gasteiger partial charge in [-0.25, -0.2) is 23.2 Å². The Morgan fingerprint density at radius 1 is 1.35 bits per heavy atom. The standard InChI is InChI=1S/C20H22N4O6S/c1-12(2)29-20(26)16-17(25)15(10-13-11-22-18-14(13)4-3-5-21-18)30-19(16)23-24-6-8-31(27,28)9-7-24/h3-5,10-12,23H,6-9H2,1-2H3,(H,21,22)/b15-10-. The van der Waals surface area contributed by atoms with Crippen molar-refractivity contribution >= 4 is 38.7 Å². The summed E-state index contributed by atoms with van der Waals surface area (Å²) >= 11 is 0. The van der Waals surface area contributed by atoms with Crippen LogP contribution in [0.4, 0.5) is 0 Å². The Bertz CT molecular complexity index is 1200. The molecule has 1 saturated heterocycles. The van der Waals surface area contributed by atoms with Crippen LogP contribution in [0, 0.1) is 0 Å². The van der Waals surface area contributed by atoms with Gasteiger partial charge < -0.3 is 14.5 Å². The molecular weight excluding hydrogens is 424 g/mol. The number of allylic oxidation sites excluding steroid dienone is 1. The zero-order chi connectivity index (χ0) is 22.2. The Labute approximate surface area is 178 Å². The summed E-state index contributed by atoms with van der Waals surface area (Å²) in [6, 6.07) is 3.62. The number of carbonyl (C=O) groups is 2. The number of ether oxygens (including phenoxy) is 2. The number of sulfone groups is 1. The van der Waals surface area contributed by atoms with Crippen LogP contribution in [-0.2, 0) is 28.9 Å². The Morgan fingerprint density at radius 2 is 2.10 bits per heavy atom. The monoisotopic (exact) mass is 446 g/mol. The Kier molecular flexibility index (Phi) is 5.54. The SMILES string of the molecule is CC(C)OC(=O)C1=C(NN2CCS(=O)(=O)CC2)O/C(=C\c2c[nH]c3ncccc23)C1=O. The van der Waals surface area contributed by atoms with Crippen molar-refractivity contribution < 1.29 is 27.5 Å². The molecule has 2 aromatic heterocycles. The molecule has 0 atom stereocenters. The van der Waals surface area contributed by atoms with Gasteiger partial charge >= 0.3 is 5.97 Å². The van der Waals surface area contributed by atoms with Crippen LogP contribution >= 0.6 is 0 Å². The average Bonchev–Trinajstić information content (AvgIpc) is 3.24. The third-order valence-corrected chi connectivity index (χ3v) is 6.42. The average molecular weight is 446 g/mol. The normalized spacial score (nSPS) is 20.5. The van der Waals surface area contributed by atoms with Gasteiger partial charge in [0.2, 0.25) is 11.7 Å². The highest BCUT2D eigenvalue weighted by Crippen LogP contribution is 2.28. The molecule has 0 unspecified atom stereocenters. The number of nitrogens with one attached hydrogen (secondary N) is 2. The van der Waals surface area contributed by atoms with E-state index in [0.717, 1.165) is 5.39 Å². The van der Waals surface area contributed by atoms with Crippen molar-refractivity contribution in [3.05, 3.63) is 47.3 Å². The van der Waals surface area contributed by atoms with Gasteiger partial charge in [0.1, 0.15) is 5.65 Å². The highest BCUT2D eigenvalue weighted by atomic mass is 32.2. The van der Waals surface area contributed by atoms with Gasteiger partial charge in [-0.1, -0.05) is 0 Å². The molecule has 0 aliphatic carbocycles. The maximum Gasteiger partial charge on any atom is 0.348 e. The van der Waals surface area contributed by atoms with Crippen LogP contribution in [0.25, 0.3) is 17.1 Å². The molecule has 164 valence electrons. The molecule has 2 aliphatic heterocycles. The maximum atomic E-state index is 13.0. The van der Waals surface area contributed by atoms with E-state index in [1.54, 1.807) is 37.3 Å². The molecule has 2 aromatic rings. The van der Waals surface area contributed by atoms with Gasteiger partial charge in [0, 0.05) is 36.4 Å². The molecule has 11 heteroatoms. The molecule has 4 rings (SSSR count).